The Morgan fingerprint density at radius 2 is 1.96 bits per heavy atom. The fourth-order valence-corrected chi connectivity index (χ4v) is 1.99. The van der Waals surface area contributed by atoms with Crippen LogP contribution in [0.25, 0.3) is 6.08 Å². The Bertz CT molecular complexity index is 873. The Morgan fingerprint density at radius 3 is 2.54 bits per heavy atom. The summed E-state index contributed by atoms with van der Waals surface area (Å²) in [6.45, 7) is 0. The van der Waals surface area contributed by atoms with Crippen molar-refractivity contribution in [2.45, 2.75) is 0 Å². The van der Waals surface area contributed by atoms with E-state index in [1.54, 1.807) is 6.07 Å². The van der Waals surface area contributed by atoms with Crippen LogP contribution in [0.15, 0.2) is 48.0 Å². The molecule has 0 aromatic heterocycles. The summed E-state index contributed by atoms with van der Waals surface area (Å²) in [5.41, 5.74) is -0.329. The molecule has 1 N–H and O–H groups in total. The van der Waals surface area contributed by atoms with Gasteiger partial charge < -0.3 is 5.32 Å². The van der Waals surface area contributed by atoms with Gasteiger partial charge in [0.1, 0.15) is 23.1 Å². The summed E-state index contributed by atoms with van der Waals surface area (Å²) in [4.78, 5) is 22.4. The third-order valence-corrected chi connectivity index (χ3v) is 3.19. The highest BCUT2D eigenvalue weighted by atomic mass is 35.5. The third kappa shape index (κ3) is 4.15. The monoisotopic (exact) mass is 345 g/mol. The van der Waals surface area contributed by atoms with Gasteiger partial charge in [-0.2, -0.15) is 5.26 Å². The Balaban J connectivity index is 2.29. The zero-order chi connectivity index (χ0) is 17.7. The molecule has 120 valence electrons. The highest BCUT2D eigenvalue weighted by molar-refractivity contribution is 6.31. The van der Waals surface area contributed by atoms with Gasteiger partial charge in [-0.25, -0.2) is 4.39 Å². The molecule has 0 heterocycles. The molecule has 2 aromatic carbocycles. The number of nitrogens with zero attached hydrogens (tertiary/aromatic N) is 2. The number of halogens is 2. The van der Waals surface area contributed by atoms with Crippen LogP contribution in [0.4, 0.5) is 15.8 Å². The maximum absolute atomic E-state index is 12.9. The van der Waals surface area contributed by atoms with Crippen LogP contribution in [0, 0.1) is 27.3 Å². The van der Waals surface area contributed by atoms with E-state index < -0.39 is 22.3 Å². The second-order valence-corrected chi connectivity index (χ2v) is 5.03. The summed E-state index contributed by atoms with van der Waals surface area (Å²) in [6.07, 6.45) is 1.25. The fraction of sp³-hybridized carbons (Fsp3) is 0. The molecule has 8 heteroatoms. The molecule has 0 radical (unpaired) electrons. The molecule has 0 aliphatic heterocycles. The quantitative estimate of drug-likeness (QED) is 0.393. The van der Waals surface area contributed by atoms with E-state index in [-0.39, 0.29) is 16.3 Å². The number of hydrogen-bond donors (Lipinski definition) is 1. The minimum absolute atomic E-state index is 0.0883. The maximum atomic E-state index is 12.9. The number of amides is 1. The minimum atomic E-state index is -0.827. The topological polar surface area (TPSA) is 96.0 Å². The van der Waals surface area contributed by atoms with Crippen molar-refractivity contribution in [2.24, 2.45) is 0 Å². The van der Waals surface area contributed by atoms with Gasteiger partial charge in [0, 0.05) is 11.1 Å². The second-order valence-electron chi connectivity index (χ2n) is 4.59. The van der Waals surface area contributed by atoms with Gasteiger partial charge in [0.05, 0.1) is 4.92 Å². The van der Waals surface area contributed by atoms with E-state index >= 15 is 0 Å². The molecule has 0 saturated heterocycles. The average Bonchev–Trinajstić information content (AvgIpc) is 2.55. The van der Waals surface area contributed by atoms with E-state index in [0.717, 1.165) is 6.07 Å². The van der Waals surface area contributed by atoms with Crippen LogP contribution >= 0.6 is 11.6 Å². The Morgan fingerprint density at radius 1 is 1.29 bits per heavy atom. The van der Waals surface area contributed by atoms with Crippen LogP contribution in [0.1, 0.15) is 5.56 Å². The number of hydrogen-bond acceptors (Lipinski definition) is 4. The lowest BCUT2D eigenvalue weighted by molar-refractivity contribution is -0.383. The van der Waals surface area contributed by atoms with Gasteiger partial charge in [-0.1, -0.05) is 23.7 Å². The molecule has 2 rings (SSSR count). The molecule has 0 aliphatic carbocycles. The Kier molecular flexibility index (Phi) is 5.24. The van der Waals surface area contributed by atoms with Gasteiger partial charge in [-0.3, -0.25) is 14.9 Å². The number of rotatable bonds is 4. The molecular weight excluding hydrogens is 337 g/mol. The van der Waals surface area contributed by atoms with Crippen molar-refractivity contribution in [2.75, 3.05) is 5.32 Å². The van der Waals surface area contributed by atoms with Crippen molar-refractivity contribution in [3.8, 4) is 6.07 Å². The number of anilines is 1. The fourth-order valence-electron chi connectivity index (χ4n) is 1.83. The highest BCUT2D eigenvalue weighted by Gasteiger charge is 2.18. The van der Waals surface area contributed by atoms with Crippen molar-refractivity contribution in [1.82, 2.24) is 0 Å². The van der Waals surface area contributed by atoms with Gasteiger partial charge in [0.15, 0.2) is 0 Å². The molecule has 0 aliphatic rings. The zero-order valence-corrected chi connectivity index (χ0v) is 12.7. The molecule has 6 nitrogen and oxygen atoms in total. The van der Waals surface area contributed by atoms with Crippen LogP contribution in [-0.4, -0.2) is 10.8 Å². The molecule has 0 atom stereocenters. The molecular formula is C16H9ClFN3O3. The van der Waals surface area contributed by atoms with E-state index in [9.17, 15) is 19.3 Å². The summed E-state index contributed by atoms with van der Waals surface area (Å²) >= 11 is 5.70. The minimum Gasteiger partial charge on any atom is -0.316 e. The average molecular weight is 346 g/mol. The molecule has 24 heavy (non-hydrogen) atoms. The number of nitrogens with one attached hydrogen (secondary N) is 1. The first-order valence-electron chi connectivity index (χ1n) is 6.53. The van der Waals surface area contributed by atoms with E-state index in [1.807, 2.05) is 0 Å². The molecule has 0 fully saturated rings. The molecule has 2 aromatic rings. The molecule has 0 bridgehead atoms. The lowest BCUT2D eigenvalue weighted by Gasteiger charge is -2.05. The largest absolute Gasteiger partial charge is 0.316 e. The van der Waals surface area contributed by atoms with Crippen molar-refractivity contribution in [1.29, 1.82) is 5.26 Å². The number of benzene rings is 2. The first-order chi connectivity index (χ1) is 11.4. The van der Waals surface area contributed by atoms with Gasteiger partial charge in [0.2, 0.25) is 0 Å². The maximum Gasteiger partial charge on any atom is 0.294 e. The van der Waals surface area contributed by atoms with Crippen LogP contribution in [0.3, 0.4) is 0 Å². The summed E-state index contributed by atoms with van der Waals surface area (Å²) in [5.74, 6) is -1.28. The predicted molar refractivity (Wildman–Crippen MR) is 86.7 cm³/mol. The zero-order valence-electron chi connectivity index (χ0n) is 12.0. The number of nitro groups is 1. The SMILES string of the molecule is N#C/C(=C\c1ccc(F)cc1)C(=O)Nc1ccc(Cl)cc1[N+](=O)[O-]. The van der Waals surface area contributed by atoms with Crippen LogP contribution in [0.5, 0.6) is 0 Å². The van der Waals surface area contributed by atoms with E-state index in [0.29, 0.717) is 5.56 Å². The predicted octanol–water partition coefficient (Wildman–Crippen LogP) is 3.93. The first-order valence-corrected chi connectivity index (χ1v) is 6.91. The molecule has 0 saturated carbocycles. The van der Waals surface area contributed by atoms with Crippen molar-refractivity contribution >= 4 is 35.0 Å². The van der Waals surface area contributed by atoms with Gasteiger partial charge in [0.25, 0.3) is 11.6 Å². The van der Waals surface area contributed by atoms with Crippen molar-refractivity contribution < 1.29 is 14.1 Å². The van der Waals surface area contributed by atoms with Crippen LogP contribution in [-0.2, 0) is 4.79 Å². The lowest BCUT2D eigenvalue weighted by atomic mass is 10.1. The molecule has 0 unspecified atom stereocenters. The molecule has 0 spiro atoms. The lowest BCUT2D eigenvalue weighted by Crippen LogP contribution is -2.14. The van der Waals surface area contributed by atoms with E-state index in [1.165, 1.54) is 42.5 Å². The van der Waals surface area contributed by atoms with Crippen molar-refractivity contribution in [3.05, 3.63) is 74.6 Å². The number of carbonyl (C=O) groups excluding carboxylic acids is 1. The highest BCUT2D eigenvalue weighted by Crippen LogP contribution is 2.28. The summed E-state index contributed by atoms with van der Waals surface area (Å²) < 4.78 is 12.9. The summed E-state index contributed by atoms with van der Waals surface area (Å²) in [5, 5.41) is 22.5. The number of carbonyl (C=O) groups is 1. The standard InChI is InChI=1S/C16H9ClFN3O3/c17-12-3-6-14(15(8-12)21(23)24)20-16(22)11(9-19)7-10-1-4-13(18)5-2-10/h1-8H,(H,20,22)/b11-7+. The van der Waals surface area contributed by atoms with E-state index in [2.05, 4.69) is 5.32 Å². The Hall–Kier alpha value is -3.24. The van der Waals surface area contributed by atoms with Crippen LogP contribution < -0.4 is 5.32 Å². The number of nitriles is 1. The van der Waals surface area contributed by atoms with Gasteiger partial charge in [-0.15, -0.1) is 0 Å². The summed E-state index contributed by atoms with van der Waals surface area (Å²) in [6, 6.07) is 10.6. The first kappa shape index (κ1) is 17.1. The number of nitro benzene ring substituents is 1. The third-order valence-electron chi connectivity index (χ3n) is 2.95. The van der Waals surface area contributed by atoms with Crippen molar-refractivity contribution in [3.63, 3.8) is 0 Å². The van der Waals surface area contributed by atoms with Gasteiger partial charge in [-0.05, 0) is 35.9 Å². The smallest absolute Gasteiger partial charge is 0.294 e. The van der Waals surface area contributed by atoms with E-state index in [4.69, 9.17) is 16.9 Å². The second kappa shape index (κ2) is 7.35. The Labute approximate surface area is 140 Å². The van der Waals surface area contributed by atoms with Gasteiger partial charge >= 0.3 is 0 Å². The van der Waals surface area contributed by atoms with Crippen LogP contribution in [0.2, 0.25) is 5.02 Å². The molecule has 1 amide bonds. The summed E-state index contributed by atoms with van der Waals surface area (Å²) in [7, 11) is 0. The normalized spacial score (nSPS) is 10.8.